The maximum atomic E-state index is 12.4. The van der Waals surface area contributed by atoms with Crippen molar-refractivity contribution in [1.82, 2.24) is 4.31 Å². The quantitative estimate of drug-likeness (QED) is 0.766. The van der Waals surface area contributed by atoms with E-state index in [1.807, 2.05) is 6.07 Å². The minimum absolute atomic E-state index is 0.0822. The standard InChI is InChI=1S/C14H14N2O2S/c1-2-9-16(11-13-3-4-13)19(17,18)14-7-5-12(10-15)6-8-14/h1,5-8,13H,3-4,9,11H2. The predicted octanol–water partition coefficient (Wildman–Crippen LogP) is 1.59. The third kappa shape index (κ3) is 3.14. The SMILES string of the molecule is C#CCN(CC1CC1)S(=O)(=O)c1ccc(C#N)cc1. The van der Waals surface area contributed by atoms with Crippen LogP contribution in [0.5, 0.6) is 0 Å². The zero-order valence-electron chi connectivity index (χ0n) is 10.4. The Labute approximate surface area is 113 Å². The van der Waals surface area contributed by atoms with E-state index in [-0.39, 0.29) is 11.4 Å². The summed E-state index contributed by atoms with van der Waals surface area (Å²) in [4.78, 5) is 0.183. The monoisotopic (exact) mass is 274 g/mol. The number of hydrogen-bond acceptors (Lipinski definition) is 3. The van der Waals surface area contributed by atoms with Gasteiger partial charge in [-0.15, -0.1) is 6.42 Å². The van der Waals surface area contributed by atoms with E-state index in [9.17, 15) is 8.42 Å². The van der Waals surface area contributed by atoms with E-state index in [2.05, 4.69) is 5.92 Å². The van der Waals surface area contributed by atoms with Gasteiger partial charge >= 0.3 is 0 Å². The highest BCUT2D eigenvalue weighted by Crippen LogP contribution is 2.31. The van der Waals surface area contributed by atoms with E-state index in [4.69, 9.17) is 11.7 Å². The van der Waals surface area contributed by atoms with Crippen molar-refractivity contribution in [2.45, 2.75) is 17.7 Å². The molecule has 1 saturated carbocycles. The third-order valence-corrected chi connectivity index (χ3v) is 4.87. The van der Waals surface area contributed by atoms with Gasteiger partial charge in [0.15, 0.2) is 0 Å². The fourth-order valence-electron chi connectivity index (χ4n) is 1.79. The minimum Gasteiger partial charge on any atom is -0.207 e. The molecule has 0 aromatic heterocycles. The molecule has 5 heteroatoms. The summed E-state index contributed by atoms with van der Waals surface area (Å²) >= 11 is 0. The van der Waals surface area contributed by atoms with Crippen molar-refractivity contribution in [3.05, 3.63) is 29.8 Å². The Balaban J connectivity index is 2.27. The van der Waals surface area contributed by atoms with Gasteiger partial charge in [-0.3, -0.25) is 0 Å². The van der Waals surface area contributed by atoms with Gasteiger partial charge in [-0.05, 0) is 43.0 Å². The number of sulfonamides is 1. The first-order valence-electron chi connectivity index (χ1n) is 6.01. The summed E-state index contributed by atoms with van der Waals surface area (Å²) in [6.45, 7) is 0.561. The number of terminal acetylenes is 1. The molecule has 1 aromatic carbocycles. The van der Waals surface area contributed by atoms with Crippen LogP contribution < -0.4 is 0 Å². The molecular formula is C14H14N2O2S. The first-order valence-corrected chi connectivity index (χ1v) is 7.45. The molecular weight excluding hydrogens is 260 g/mol. The predicted molar refractivity (Wildman–Crippen MR) is 71.5 cm³/mol. The Morgan fingerprint density at radius 1 is 1.32 bits per heavy atom. The molecule has 0 radical (unpaired) electrons. The average Bonchev–Trinajstić information content (AvgIpc) is 3.22. The fraction of sp³-hybridized carbons (Fsp3) is 0.357. The van der Waals surface area contributed by atoms with Crippen LogP contribution >= 0.6 is 0 Å². The van der Waals surface area contributed by atoms with E-state index in [0.717, 1.165) is 12.8 Å². The van der Waals surface area contributed by atoms with Gasteiger partial charge in [-0.1, -0.05) is 5.92 Å². The third-order valence-electron chi connectivity index (χ3n) is 3.05. The van der Waals surface area contributed by atoms with E-state index >= 15 is 0 Å². The molecule has 2 rings (SSSR count). The molecule has 0 aliphatic heterocycles. The molecule has 0 N–H and O–H groups in total. The average molecular weight is 274 g/mol. The first-order chi connectivity index (χ1) is 9.07. The highest BCUT2D eigenvalue weighted by molar-refractivity contribution is 7.89. The largest absolute Gasteiger partial charge is 0.243 e. The lowest BCUT2D eigenvalue weighted by atomic mass is 10.2. The Hall–Kier alpha value is -1.82. The Kier molecular flexibility index (Phi) is 3.90. The minimum atomic E-state index is -3.56. The summed E-state index contributed by atoms with van der Waals surface area (Å²) in [7, 11) is -3.56. The highest BCUT2D eigenvalue weighted by atomic mass is 32.2. The van der Waals surface area contributed by atoms with Crippen molar-refractivity contribution in [1.29, 1.82) is 5.26 Å². The summed E-state index contributed by atoms with van der Waals surface area (Å²) in [5.41, 5.74) is 0.435. The molecule has 0 saturated heterocycles. The topological polar surface area (TPSA) is 61.2 Å². The Bertz CT molecular complexity index is 632. The van der Waals surface area contributed by atoms with Crippen molar-refractivity contribution in [2.75, 3.05) is 13.1 Å². The molecule has 0 bridgehead atoms. The van der Waals surface area contributed by atoms with Crippen molar-refractivity contribution in [2.24, 2.45) is 5.92 Å². The summed E-state index contributed by atoms with van der Waals surface area (Å²) < 4.78 is 26.2. The van der Waals surface area contributed by atoms with Crippen LogP contribution in [-0.2, 0) is 10.0 Å². The molecule has 98 valence electrons. The number of nitriles is 1. The van der Waals surface area contributed by atoms with Crippen molar-refractivity contribution < 1.29 is 8.42 Å². The van der Waals surface area contributed by atoms with Gasteiger partial charge in [0.05, 0.1) is 23.1 Å². The fourth-order valence-corrected chi connectivity index (χ4v) is 3.22. The highest BCUT2D eigenvalue weighted by Gasteiger charge is 2.31. The van der Waals surface area contributed by atoms with Gasteiger partial charge in [0.25, 0.3) is 0 Å². The number of rotatable bonds is 5. The Morgan fingerprint density at radius 3 is 2.42 bits per heavy atom. The zero-order chi connectivity index (χ0) is 13.9. The van der Waals surface area contributed by atoms with Gasteiger partial charge in [-0.25, -0.2) is 8.42 Å². The summed E-state index contributed by atoms with van der Waals surface area (Å²) in [5, 5.41) is 8.72. The molecule has 1 aliphatic rings. The van der Waals surface area contributed by atoms with E-state index < -0.39 is 10.0 Å². The van der Waals surface area contributed by atoms with Gasteiger partial charge in [0.1, 0.15) is 0 Å². The maximum Gasteiger partial charge on any atom is 0.243 e. The van der Waals surface area contributed by atoms with Crippen molar-refractivity contribution in [3.63, 3.8) is 0 Å². The smallest absolute Gasteiger partial charge is 0.207 e. The normalized spacial score (nSPS) is 14.9. The summed E-state index contributed by atoms with van der Waals surface area (Å²) in [6, 6.07) is 7.86. The van der Waals surface area contributed by atoms with Crippen LogP contribution in [0.4, 0.5) is 0 Å². The maximum absolute atomic E-state index is 12.4. The van der Waals surface area contributed by atoms with E-state index in [0.29, 0.717) is 18.0 Å². The number of benzene rings is 1. The summed E-state index contributed by atoms with van der Waals surface area (Å²) in [6.07, 6.45) is 7.37. The van der Waals surface area contributed by atoms with Gasteiger partial charge in [0, 0.05) is 6.54 Å². The molecule has 19 heavy (non-hydrogen) atoms. The molecule has 1 aliphatic carbocycles. The second-order valence-electron chi connectivity index (χ2n) is 4.58. The molecule has 0 heterocycles. The molecule has 4 nitrogen and oxygen atoms in total. The van der Waals surface area contributed by atoms with Gasteiger partial charge < -0.3 is 0 Å². The van der Waals surface area contributed by atoms with Crippen molar-refractivity contribution >= 4 is 10.0 Å². The zero-order valence-corrected chi connectivity index (χ0v) is 11.2. The lowest BCUT2D eigenvalue weighted by Gasteiger charge is -2.19. The number of hydrogen-bond donors (Lipinski definition) is 0. The van der Waals surface area contributed by atoms with Crippen LogP contribution in [0.15, 0.2) is 29.2 Å². The number of nitrogens with zero attached hydrogens (tertiary/aromatic N) is 2. The molecule has 1 fully saturated rings. The lowest BCUT2D eigenvalue weighted by molar-refractivity contribution is 0.430. The first kappa shape index (κ1) is 13.6. The molecule has 0 unspecified atom stereocenters. The molecule has 0 atom stereocenters. The van der Waals surface area contributed by atoms with Crippen LogP contribution in [0.3, 0.4) is 0 Å². The lowest BCUT2D eigenvalue weighted by Crippen LogP contribution is -2.33. The van der Waals surface area contributed by atoms with E-state index in [1.165, 1.54) is 28.6 Å². The Morgan fingerprint density at radius 2 is 1.95 bits per heavy atom. The second-order valence-corrected chi connectivity index (χ2v) is 6.52. The van der Waals surface area contributed by atoms with Crippen LogP contribution in [-0.4, -0.2) is 25.8 Å². The van der Waals surface area contributed by atoms with Crippen LogP contribution in [0, 0.1) is 29.6 Å². The van der Waals surface area contributed by atoms with Crippen LogP contribution in [0.25, 0.3) is 0 Å². The van der Waals surface area contributed by atoms with Gasteiger partial charge in [0.2, 0.25) is 10.0 Å². The van der Waals surface area contributed by atoms with Crippen LogP contribution in [0.2, 0.25) is 0 Å². The van der Waals surface area contributed by atoms with Crippen LogP contribution in [0.1, 0.15) is 18.4 Å². The molecule has 0 spiro atoms. The molecule has 1 aromatic rings. The second kappa shape index (κ2) is 5.44. The molecule has 0 amide bonds. The van der Waals surface area contributed by atoms with Crippen molar-refractivity contribution in [3.8, 4) is 18.4 Å². The van der Waals surface area contributed by atoms with E-state index in [1.54, 1.807) is 0 Å². The summed E-state index contributed by atoms with van der Waals surface area (Å²) in [5.74, 6) is 2.83. The van der Waals surface area contributed by atoms with Gasteiger partial charge in [-0.2, -0.15) is 9.57 Å².